The Kier molecular flexibility index (Phi) is 4.37. The molecule has 0 aliphatic rings. The minimum atomic E-state index is -0.455. The van der Waals surface area contributed by atoms with Crippen molar-refractivity contribution in [1.29, 1.82) is 0 Å². The average molecular weight is 329 g/mol. The number of nitrogens with zero attached hydrogens (tertiary/aromatic N) is 1. The van der Waals surface area contributed by atoms with Crippen molar-refractivity contribution in [2.45, 2.75) is 20.8 Å². The van der Waals surface area contributed by atoms with Crippen molar-refractivity contribution in [2.24, 2.45) is 5.41 Å². The van der Waals surface area contributed by atoms with Gasteiger partial charge in [-0.15, -0.1) is 11.3 Å². The van der Waals surface area contributed by atoms with E-state index in [0.717, 1.165) is 11.3 Å². The fourth-order valence-electron chi connectivity index (χ4n) is 1.44. The lowest BCUT2D eigenvalue weighted by molar-refractivity contribution is -0.123. The number of carbonyl (C=O) groups excluding carboxylic acids is 1. The third-order valence-electron chi connectivity index (χ3n) is 2.61. The minimum absolute atomic E-state index is 0.0689. The number of rotatable bonds is 2. The molecule has 106 valence electrons. The van der Waals surface area contributed by atoms with Gasteiger partial charge in [0.15, 0.2) is 5.13 Å². The van der Waals surface area contributed by atoms with Gasteiger partial charge in [-0.2, -0.15) is 0 Å². The molecule has 20 heavy (non-hydrogen) atoms. The first-order valence-corrected chi connectivity index (χ1v) is 7.63. The lowest BCUT2D eigenvalue weighted by Crippen LogP contribution is -2.27. The van der Waals surface area contributed by atoms with Crippen molar-refractivity contribution in [3.63, 3.8) is 0 Å². The van der Waals surface area contributed by atoms with E-state index in [0.29, 0.717) is 15.2 Å². The standard InChI is InChI=1S/C14H14Cl2N2OS/c1-14(2,3)12(19)18-13-17-11(7-20-13)9-5-4-8(15)6-10(9)16/h4-7H,1-3H3,(H,17,18,19). The molecular weight excluding hydrogens is 315 g/mol. The fraction of sp³-hybridized carbons (Fsp3) is 0.286. The Labute approximate surface area is 131 Å². The molecule has 0 spiro atoms. The van der Waals surface area contributed by atoms with Crippen LogP contribution in [0.5, 0.6) is 0 Å². The van der Waals surface area contributed by atoms with E-state index in [-0.39, 0.29) is 5.91 Å². The molecule has 2 aromatic rings. The van der Waals surface area contributed by atoms with Gasteiger partial charge in [0.1, 0.15) is 0 Å². The van der Waals surface area contributed by atoms with Crippen LogP contribution in [-0.4, -0.2) is 10.9 Å². The Morgan fingerprint density at radius 3 is 2.60 bits per heavy atom. The highest BCUT2D eigenvalue weighted by molar-refractivity contribution is 7.14. The van der Waals surface area contributed by atoms with Crippen LogP contribution in [0.2, 0.25) is 10.0 Å². The molecule has 6 heteroatoms. The van der Waals surface area contributed by atoms with E-state index in [1.165, 1.54) is 11.3 Å². The van der Waals surface area contributed by atoms with Crippen LogP contribution >= 0.6 is 34.5 Å². The van der Waals surface area contributed by atoms with E-state index < -0.39 is 5.41 Å². The summed E-state index contributed by atoms with van der Waals surface area (Å²) in [4.78, 5) is 16.3. The van der Waals surface area contributed by atoms with Crippen molar-refractivity contribution < 1.29 is 4.79 Å². The maximum Gasteiger partial charge on any atom is 0.231 e. The lowest BCUT2D eigenvalue weighted by Gasteiger charge is -2.15. The third-order valence-corrected chi connectivity index (χ3v) is 3.92. The van der Waals surface area contributed by atoms with Crippen LogP contribution in [0, 0.1) is 5.41 Å². The summed E-state index contributed by atoms with van der Waals surface area (Å²) >= 11 is 13.4. The van der Waals surface area contributed by atoms with Crippen molar-refractivity contribution in [3.8, 4) is 11.3 Å². The Bertz CT molecular complexity index is 647. The second kappa shape index (κ2) is 5.72. The number of benzene rings is 1. The van der Waals surface area contributed by atoms with E-state index in [4.69, 9.17) is 23.2 Å². The molecule has 1 N–H and O–H groups in total. The van der Waals surface area contributed by atoms with Gasteiger partial charge in [-0.05, 0) is 18.2 Å². The first-order chi connectivity index (χ1) is 9.27. The summed E-state index contributed by atoms with van der Waals surface area (Å²) in [7, 11) is 0. The van der Waals surface area contributed by atoms with Crippen LogP contribution in [0.3, 0.4) is 0 Å². The molecule has 0 saturated carbocycles. The Morgan fingerprint density at radius 1 is 1.30 bits per heavy atom. The molecule has 2 rings (SSSR count). The van der Waals surface area contributed by atoms with Crippen molar-refractivity contribution in [1.82, 2.24) is 4.98 Å². The normalized spacial score (nSPS) is 11.4. The maximum atomic E-state index is 11.9. The fourth-order valence-corrected chi connectivity index (χ4v) is 2.65. The summed E-state index contributed by atoms with van der Waals surface area (Å²) in [5.74, 6) is -0.0689. The average Bonchev–Trinajstić information content (AvgIpc) is 2.76. The van der Waals surface area contributed by atoms with Gasteiger partial charge in [-0.3, -0.25) is 4.79 Å². The molecule has 0 radical (unpaired) electrons. The van der Waals surface area contributed by atoms with Gasteiger partial charge in [-0.25, -0.2) is 4.98 Å². The molecule has 1 heterocycles. The van der Waals surface area contributed by atoms with E-state index in [9.17, 15) is 4.79 Å². The second-order valence-electron chi connectivity index (χ2n) is 5.37. The molecule has 3 nitrogen and oxygen atoms in total. The van der Waals surface area contributed by atoms with Gasteiger partial charge in [0.05, 0.1) is 10.7 Å². The summed E-state index contributed by atoms with van der Waals surface area (Å²) in [5, 5.41) is 6.34. The Hall–Kier alpha value is -1.10. The molecule has 0 bridgehead atoms. The summed E-state index contributed by atoms with van der Waals surface area (Å²) in [6.07, 6.45) is 0. The van der Waals surface area contributed by atoms with Gasteiger partial charge >= 0.3 is 0 Å². The first-order valence-electron chi connectivity index (χ1n) is 6.00. The summed E-state index contributed by atoms with van der Waals surface area (Å²) in [6, 6.07) is 5.25. The Balaban J connectivity index is 2.23. The molecule has 0 fully saturated rings. The smallest absolute Gasteiger partial charge is 0.231 e. The number of carbonyl (C=O) groups is 1. The van der Waals surface area contributed by atoms with Crippen LogP contribution in [-0.2, 0) is 4.79 Å². The molecule has 0 saturated heterocycles. The Morgan fingerprint density at radius 2 is 2.00 bits per heavy atom. The molecule has 0 atom stereocenters. The molecule has 1 aromatic carbocycles. The zero-order valence-electron chi connectivity index (χ0n) is 11.3. The van der Waals surface area contributed by atoms with Gasteiger partial charge in [0, 0.05) is 21.4 Å². The lowest BCUT2D eigenvalue weighted by atomic mass is 9.96. The van der Waals surface area contributed by atoms with Crippen LogP contribution in [0.1, 0.15) is 20.8 Å². The zero-order valence-corrected chi connectivity index (χ0v) is 13.7. The SMILES string of the molecule is CC(C)(C)C(=O)Nc1nc(-c2ccc(Cl)cc2Cl)cs1. The number of amides is 1. The van der Waals surface area contributed by atoms with Gasteiger partial charge in [0.2, 0.25) is 5.91 Å². The number of aromatic nitrogens is 1. The summed E-state index contributed by atoms with van der Waals surface area (Å²) in [6.45, 7) is 5.56. The topological polar surface area (TPSA) is 42.0 Å². The van der Waals surface area contributed by atoms with Crippen molar-refractivity contribution >= 4 is 45.6 Å². The maximum absolute atomic E-state index is 11.9. The third kappa shape index (κ3) is 3.51. The highest BCUT2D eigenvalue weighted by atomic mass is 35.5. The summed E-state index contributed by atoms with van der Waals surface area (Å²) < 4.78 is 0. The number of halogens is 2. The van der Waals surface area contributed by atoms with Crippen molar-refractivity contribution in [3.05, 3.63) is 33.6 Å². The first kappa shape index (κ1) is 15.3. The second-order valence-corrected chi connectivity index (χ2v) is 7.07. The zero-order chi connectivity index (χ0) is 14.9. The number of thiazole rings is 1. The van der Waals surface area contributed by atoms with E-state index >= 15 is 0 Å². The number of hydrogen-bond acceptors (Lipinski definition) is 3. The molecule has 0 aliphatic heterocycles. The molecule has 0 aliphatic carbocycles. The molecule has 1 aromatic heterocycles. The van der Waals surface area contributed by atoms with E-state index in [1.807, 2.05) is 32.2 Å². The van der Waals surface area contributed by atoms with E-state index in [2.05, 4.69) is 10.3 Å². The van der Waals surface area contributed by atoms with Crippen LogP contribution < -0.4 is 5.32 Å². The molecule has 1 amide bonds. The highest BCUT2D eigenvalue weighted by Gasteiger charge is 2.22. The predicted octanol–water partition coefficient (Wildman–Crippen LogP) is 5.10. The number of anilines is 1. The predicted molar refractivity (Wildman–Crippen MR) is 85.7 cm³/mol. The van der Waals surface area contributed by atoms with E-state index in [1.54, 1.807) is 12.1 Å². The minimum Gasteiger partial charge on any atom is -0.302 e. The largest absolute Gasteiger partial charge is 0.302 e. The van der Waals surface area contributed by atoms with Crippen molar-refractivity contribution in [2.75, 3.05) is 5.32 Å². The number of hydrogen-bond donors (Lipinski definition) is 1. The van der Waals surface area contributed by atoms with Crippen LogP contribution in [0.25, 0.3) is 11.3 Å². The van der Waals surface area contributed by atoms with Crippen LogP contribution in [0.15, 0.2) is 23.6 Å². The van der Waals surface area contributed by atoms with Crippen LogP contribution in [0.4, 0.5) is 5.13 Å². The molecule has 0 unspecified atom stereocenters. The highest BCUT2D eigenvalue weighted by Crippen LogP contribution is 2.32. The quantitative estimate of drug-likeness (QED) is 0.833. The van der Waals surface area contributed by atoms with Gasteiger partial charge in [0.25, 0.3) is 0 Å². The summed E-state index contributed by atoms with van der Waals surface area (Å²) in [5.41, 5.74) is 1.06. The number of nitrogens with one attached hydrogen (secondary N) is 1. The monoisotopic (exact) mass is 328 g/mol. The molecular formula is C14H14Cl2N2OS. The van der Waals surface area contributed by atoms with Gasteiger partial charge < -0.3 is 5.32 Å². The van der Waals surface area contributed by atoms with Gasteiger partial charge in [-0.1, -0.05) is 44.0 Å².